The van der Waals surface area contributed by atoms with Crippen LogP contribution in [-0.4, -0.2) is 51.8 Å². The van der Waals surface area contributed by atoms with Crippen LogP contribution in [0.4, 0.5) is 20.4 Å². The third-order valence-electron chi connectivity index (χ3n) is 7.05. The molecule has 2 aromatic carbocycles. The fraction of sp³-hybridized carbons (Fsp3) is 0.308. The molecule has 218 valence electrons. The molecule has 4 heterocycles. The maximum Gasteiger partial charge on any atom is 0.355 e. The van der Waals surface area contributed by atoms with Crippen molar-refractivity contribution in [2.45, 2.75) is 32.0 Å². The zero-order chi connectivity index (χ0) is 29.5. The molecule has 1 fully saturated rings. The topological polar surface area (TPSA) is 129 Å². The third-order valence-corrected chi connectivity index (χ3v) is 7.66. The summed E-state index contributed by atoms with van der Waals surface area (Å²) in [5, 5.41) is 15.8. The van der Waals surface area contributed by atoms with Gasteiger partial charge in [-0.1, -0.05) is 23.2 Å². The van der Waals surface area contributed by atoms with E-state index in [4.69, 9.17) is 23.2 Å². The van der Waals surface area contributed by atoms with Crippen molar-refractivity contribution in [3.63, 3.8) is 0 Å². The number of aryl methyl sites for hydroxylation is 1. The molecule has 1 aliphatic heterocycles. The molecule has 6 rings (SSSR count). The molecule has 3 aromatic heterocycles. The van der Waals surface area contributed by atoms with Crippen LogP contribution in [0, 0.1) is 11.6 Å². The van der Waals surface area contributed by atoms with Crippen LogP contribution < -0.4 is 22.0 Å². The van der Waals surface area contributed by atoms with Crippen LogP contribution in [0.25, 0.3) is 10.9 Å². The molecule has 42 heavy (non-hydrogen) atoms. The Balaban J connectivity index is 1.42. The molecule has 0 unspecified atom stereocenters. The Morgan fingerprint density at radius 1 is 1.00 bits per heavy atom. The van der Waals surface area contributed by atoms with E-state index in [1.54, 1.807) is 19.2 Å². The molecule has 0 bridgehead atoms. The number of halogens is 4. The number of anilines is 2. The molecule has 0 amide bonds. The number of nitrogens with one attached hydrogen (secondary N) is 2. The van der Waals surface area contributed by atoms with Gasteiger partial charge in [-0.25, -0.2) is 27.9 Å². The van der Waals surface area contributed by atoms with E-state index < -0.39 is 29.6 Å². The van der Waals surface area contributed by atoms with E-state index in [0.717, 1.165) is 46.5 Å². The highest BCUT2D eigenvalue weighted by Crippen LogP contribution is 2.31. The second-order valence-corrected chi connectivity index (χ2v) is 10.8. The van der Waals surface area contributed by atoms with E-state index in [1.165, 1.54) is 11.0 Å². The van der Waals surface area contributed by atoms with Crippen molar-refractivity contribution < 1.29 is 8.78 Å². The average molecular weight is 617 g/mol. The summed E-state index contributed by atoms with van der Waals surface area (Å²) >= 11 is 12.5. The smallest absolute Gasteiger partial charge is 0.324 e. The number of nitrogens with zero attached hydrogens (tertiary/aromatic N) is 8. The standard InChI is InChI=1S/C26H24Cl2F2N10O2/c1-37-13-32-23(36-37)12-39-25(41)34-24(38(26(39)42)10-14-6-17(27)20(30)9-19(14)29)33-22-7-15-11-40(16-2-4-31-5-3-16)35-21(15)8-18(22)28/h6-9,11,13,16,31H,2-5,10,12H2,1H3,(H,33,34,41). The van der Waals surface area contributed by atoms with Crippen LogP contribution in [-0.2, 0) is 20.1 Å². The summed E-state index contributed by atoms with van der Waals surface area (Å²) in [6.07, 6.45) is 5.22. The number of rotatable bonds is 7. The minimum absolute atomic E-state index is 0.0979. The van der Waals surface area contributed by atoms with Gasteiger partial charge in [0.05, 0.1) is 40.4 Å². The van der Waals surface area contributed by atoms with Gasteiger partial charge in [-0.15, -0.1) is 0 Å². The number of hydrogen-bond donors (Lipinski definition) is 2. The Bertz CT molecular complexity index is 1930. The number of piperidine rings is 1. The molecule has 1 aliphatic rings. The molecule has 0 atom stereocenters. The van der Waals surface area contributed by atoms with Gasteiger partial charge >= 0.3 is 11.4 Å². The van der Waals surface area contributed by atoms with Crippen molar-refractivity contribution >= 4 is 45.7 Å². The molecule has 2 N–H and O–H groups in total. The van der Waals surface area contributed by atoms with Crippen molar-refractivity contribution in [2.75, 3.05) is 18.4 Å². The summed E-state index contributed by atoms with van der Waals surface area (Å²) in [6.45, 7) is 1.10. The van der Waals surface area contributed by atoms with E-state index >= 15 is 0 Å². The molecule has 16 heteroatoms. The lowest BCUT2D eigenvalue weighted by Crippen LogP contribution is -2.43. The molecular formula is C26H24Cl2F2N10O2. The van der Waals surface area contributed by atoms with Crippen molar-refractivity contribution in [1.29, 1.82) is 0 Å². The Morgan fingerprint density at radius 3 is 2.52 bits per heavy atom. The summed E-state index contributed by atoms with van der Waals surface area (Å²) in [7, 11) is 1.64. The van der Waals surface area contributed by atoms with Crippen molar-refractivity contribution in [3.05, 3.63) is 90.8 Å². The molecule has 0 aliphatic carbocycles. The molecule has 0 radical (unpaired) electrons. The van der Waals surface area contributed by atoms with Gasteiger partial charge in [0, 0.05) is 30.3 Å². The molecular weight excluding hydrogens is 593 g/mol. The summed E-state index contributed by atoms with van der Waals surface area (Å²) in [5.41, 5.74) is -0.800. The van der Waals surface area contributed by atoms with E-state index in [-0.39, 0.29) is 40.0 Å². The van der Waals surface area contributed by atoms with Crippen molar-refractivity contribution in [2.24, 2.45) is 7.05 Å². The number of fused-ring (bicyclic) bond motifs is 1. The highest BCUT2D eigenvalue weighted by Gasteiger charge is 2.20. The fourth-order valence-corrected chi connectivity index (χ4v) is 5.29. The lowest BCUT2D eigenvalue weighted by Gasteiger charge is -2.22. The monoisotopic (exact) mass is 616 g/mol. The summed E-state index contributed by atoms with van der Waals surface area (Å²) < 4.78 is 33.8. The lowest BCUT2D eigenvalue weighted by atomic mass is 10.1. The van der Waals surface area contributed by atoms with Crippen LogP contribution in [0.15, 0.2) is 46.4 Å². The van der Waals surface area contributed by atoms with Crippen molar-refractivity contribution in [1.82, 2.24) is 44.0 Å². The second kappa shape index (κ2) is 11.3. The quantitative estimate of drug-likeness (QED) is 0.267. The van der Waals surface area contributed by atoms with E-state index in [9.17, 15) is 18.4 Å². The molecule has 5 aromatic rings. The van der Waals surface area contributed by atoms with Gasteiger partial charge in [0.1, 0.15) is 18.0 Å². The predicted molar refractivity (Wildman–Crippen MR) is 152 cm³/mol. The van der Waals surface area contributed by atoms with Gasteiger partial charge < -0.3 is 10.6 Å². The van der Waals surface area contributed by atoms with Crippen LogP contribution in [0.3, 0.4) is 0 Å². The van der Waals surface area contributed by atoms with Gasteiger partial charge in [-0.2, -0.15) is 15.2 Å². The van der Waals surface area contributed by atoms with Gasteiger partial charge in [-0.05, 0) is 44.1 Å². The second-order valence-electron chi connectivity index (χ2n) is 9.97. The first-order valence-electron chi connectivity index (χ1n) is 13.0. The van der Waals surface area contributed by atoms with E-state index in [2.05, 4.69) is 30.8 Å². The third kappa shape index (κ3) is 5.52. The minimum atomic E-state index is -0.946. The van der Waals surface area contributed by atoms with E-state index in [1.807, 2.05) is 10.9 Å². The number of aromatic nitrogens is 8. The molecule has 1 saturated heterocycles. The van der Waals surface area contributed by atoms with Crippen LogP contribution in [0.1, 0.15) is 30.3 Å². The van der Waals surface area contributed by atoms with Gasteiger partial charge in [-0.3, -0.25) is 13.9 Å². The van der Waals surface area contributed by atoms with Crippen LogP contribution in [0.5, 0.6) is 0 Å². The molecule has 0 spiro atoms. The van der Waals surface area contributed by atoms with Crippen molar-refractivity contribution in [3.8, 4) is 0 Å². The normalized spacial score (nSPS) is 14.1. The number of hydrogen-bond acceptors (Lipinski definition) is 8. The fourth-order valence-electron chi connectivity index (χ4n) is 4.90. The zero-order valence-electron chi connectivity index (χ0n) is 22.2. The Kier molecular flexibility index (Phi) is 7.51. The maximum atomic E-state index is 14.7. The zero-order valence-corrected chi connectivity index (χ0v) is 23.7. The Hall–Kier alpha value is -4.14. The summed E-state index contributed by atoms with van der Waals surface area (Å²) in [4.78, 5) is 34.8. The van der Waals surface area contributed by atoms with Crippen LogP contribution >= 0.6 is 23.2 Å². The first kappa shape index (κ1) is 28.0. The maximum absolute atomic E-state index is 14.7. The SMILES string of the molecule is Cn1cnc(Cn2c(=O)nc(Nc3cc4cn(C5CCNCC5)nc4cc3Cl)n(Cc3cc(Cl)c(F)cc3F)c2=O)n1. The first-order chi connectivity index (χ1) is 20.2. The summed E-state index contributed by atoms with van der Waals surface area (Å²) in [5.74, 6) is -1.88. The first-order valence-corrected chi connectivity index (χ1v) is 13.8. The highest BCUT2D eigenvalue weighted by molar-refractivity contribution is 6.34. The van der Waals surface area contributed by atoms with Crippen LogP contribution in [0.2, 0.25) is 10.0 Å². The van der Waals surface area contributed by atoms with Gasteiger partial charge in [0.25, 0.3) is 0 Å². The molecule has 0 saturated carbocycles. The Morgan fingerprint density at radius 2 is 1.79 bits per heavy atom. The predicted octanol–water partition coefficient (Wildman–Crippen LogP) is 3.23. The Labute approximate surface area is 246 Å². The summed E-state index contributed by atoms with van der Waals surface area (Å²) in [6, 6.07) is 5.36. The number of benzene rings is 2. The average Bonchev–Trinajstić information content (AvgIpc) is 3.57. The van der Waals surface area contributed by atoms with Gasteiger partial charge in [0.15, 0.2) is 5.82 Å². The highest BCUT2D eigenvalue weighted by atomic mass is 35.5. The minimum Gasteiger partial charge on any atom is -0.324 e. The van der Waals surface area contributed by atoms with Gasteiger partial charge in [0.2, 0.25) is 5.95 Å². The molecule has 12 nitrogen and oxygen atoms in total. The van der Waals surface area contributed by atoms with E-state index in [0.29, 0.717) is 17.3 Å². The lowest BCUT2D eigenvalue weighted by molar-refractivity contribution is 0.345. The largest absolute Gasteiger partial charge is 0.355 e.